The van der Waals surface area contributed by atoms with Gasteiger partial charge in [-0.05, 0) is 30.2 Å². The van der Waals surface area contributed by atoms with Crippen LogP contribution in [0.25, 0.3) is 11.4 Å². The predicted octanol–water partition coefficient (Wildman–Crippen LogP) is 4.02. The summed E-state index contributed by atoms with van der Waals surface area (Å²) in [5.74, 6) is 7.65. The molecule has 2 aromatic carbocycles. The number of benzene rings is 2. The van der Waals surface area contributed by atoms with Gasteiger partial charge in [-0.1, -0.05) is 64.1 Å². The lowest BCUT2D eigenvalue weighted by atomic mass is 10.1. The zero-order chi connectivity index (χ0) is 15.5. The minimum Gasteiger partial charge on any atom is -0.335 e. The van der Waals surface area contributed by atoms with Crippen LogP contribution in [0.15, 0.2) is 58.2 Å². The molecule has 22 heavy (non-hydrogen) atoms. The maximum Gasteiger partial charge on any atom is 0.210 e. The van der Waals surface area contributed by atoms with Crippen molar-refractivity contribution in [1.29, 1.82) is 0 Å². The number of hydrogen-bond donors (Lipinski definition) is 1. The van der Waals surface area contributed by atoms with E-state index in [1.165, 1.54) is 5.56 Å². The number of nitrogen functional groups attached to an aromatic ring is 1. The number of nitrogens with two attached hydrogens (primary N) is 1. The van der Waals surface area contributed by atoms with E-state index in [0.29, 0.717) is 11.0 Å². The number of thioether (sulfide) groups is 1. The van der Waals surface area contributed by atoms with Gasteiger partial charge in [-0.25, -0.2) is 4.68 Å². The van der Waals surface area contributed by atoms with Gasteiger partial charge in [0.15, 0.2) is 5.82 Å². The monoisotopic (exact) mass is 374 g/mol. The van der Waals surface area contributed by atoms with Gasteiger partial charge in [0, 0.05) is 15.8 Å². The zero-order valence-corrected chi connectivity index (χ0v) is 14.4. The summed E-state index contributed by atoms with van der Waals surface area (Å²) in [6.07, 6.45) is 0. The van der Waals surface area contributed by atoms with Gasteiger partial charge >= 0.3 is 0 Å². The molecule has 1 aromatic heterocycles. The summed E-state index contributed by atoms with van der Waals surface area (Å²) in [5.41, 5.74) is 3.35. The van der Waals surface area contributed by atoms with Crippen molar-refractivity contribution in [3.05, 3.63) is 64.1 Å². The summed E-state index contributed by atoms with van der Waals surface area (Å²) in [6.45, 7) is 2.04. The van der Waals surface area contributed by atoms with Crippen LogP contribution in [0.5, 0.6) is 0 Å². The van der Waals surface area contributed by atoms with Crippen LogP contribution in [0.2, 0.25) is 0 Å². The van der Waals surface area contributed by atoms with Gasteiger partial charge < -0.3 is 5.84 Å². The van der Waals surface area contributed by atoms with Crippen LogP contribution in [0.3, 0.4) is 0 Å². The van der Waals surface area contributed by atoms with E-state index >= 15 is 0 Å². The fourth-order valence-electron chi connectivity index (χ4n) is 2.11. The van der Waals surface area contributed by atoms with Crippen molar-refractivity contribution >= 4 is 27.7 Å². The van der Waals surface area contributed by atoms with Crippen molar-refractivity contribution in [1.82, 2.24) is 14.9 Å². The van der Waals surface area contributed by atoms with E-state index in [4.69, 9.17) is 5.84 Å². The Bertz CT molecular complexity index is 783. The third kappa shape index (κ3) is 3.18. The van der Waals surface area contributed by atoms with Crippen molar-refractivity contribution in [3.8, 4) is 11.4 Å². The number of nitrogens with zero attached hydrogens (tertiary/aromatic N) is 3. The van der Waals surface area contributed by atoms with E-state index in [9.17, 15) is 0 Å². The van der Waals surface area contributed by atoms with Gasteiger partial charge in [0.2, 0.25) is 5.16 Å². The zero-order valence-electron chi connectivity index (χ0n) is 12.0. The molecule has 0 amide bonds. The standard InChI is InChI=1S/C16H15BrN4S/c1-11-4-2-3-5-14(11)15-19-20-16(21(15)18)22-10-12-6-8-13(17)9-7-12/h2-9H,10,18H2,1H3. The third-order valence-electron chi connectivity index (χ3n) is 3.33. The summed E-state index contributed by atoms with van der Waals surface area (Å²) in [4.78, 5) is 0. The van der Waals surface area contributed by atoms with Crippen molar-refractivity contribution in [2.75, 3.05) is 5.84 Å². The van der Waals surface area contributed by atoms with Crippen molar-refractivity contribution in [3.63, 3.8) is 0 Å². The Hall–Kier alpha value is -1.79. The van der Waals surface area contributed by atoms with Crippen molar-refractivity contribution in [2.45, 2.75) is 17.8 Å². The molecule has 0 radical (unpaired) electrons. The van der Waals surface area contributed by atoms with Gasteiger partial charge in [0.25, 0.3) is 0 Å². The first-order valence-electron chi connectivity index (χ1n) is 6.79. The predicted molar refractivity (Wildman–Crippen MR) is 94.0 cm³/mol. The molecule has 1 heterocycles. The molecule has 0 fully saturated rings. The molecular weight excluding hydrogens is 360 g/mol. The van der Waals surface area contributed by atoms with E-state index in [1.54, 1.807) is 16.4 Å². The molecule has 0 aliphatic heterocycles. The maximum absolute atomic E-state index is 6.16. The van der Waals surface area contributed by atoms with Gasteiger partial charge in [0.1, 0.15) is 0 Å². The molecule has 0 aliphatic rings. The highest BCUT2D eigenvalue weighted by Gasteiger charge is 2.13. The average Bonchev–Trinajstić information content (AvgIpc) is 2.88. The molecule has 0 aliphatic carbocycles. The Morgan fingerprint density at radius 2 is 1.82 bits per heavy atom. The molecule has 0 bridgehead atoms. The highest BCUT2D eigenvalue weighted by Crippen LogP contribution is 2.26. The fourth-order valence-corrected chi connectivity index (χ4v) is 3.19. The second-order valence-corrected chi connectivity index (χ2v) is 6.76. The molecule has 0 atom stereocenters. The topological polar surface area (TPSA) is 56.7 Å². The van der Waals surface area contributed by atoms with E-state index < -0.39 is 0 Å². The summed E-state index contributed by atoms with van der Waals surface area (Å²) in [7, 11) is 0. The fraction of sp³-hybridized carbons (Fsp3) is 0.125. The largest absolute Gasteiger partial charge is 0.335 e. The molecule has 0 saturated heterocycles. The summed E-state index contributed by atoms with van der Waals surface area (Å²) >= 11 is 5.01. The number of aromatic nitrogens is 3. The van der Waals surface area contributed by atoms with E-state index in [0.717, 1.165) is 21.4 Å². The minimum absolute atomic E-state index is 0.691. The number of aryl methyl sites for hydroxylation is 1. The maximum atomic E-state index is 6.16. The normalized spacial score (nSPS) is 10.8. The van der Waals surface area contributed by atoms with Crippen LogP contribution >= 0.6 is 27.7 Å². The molecular formula is C16H15BrN4S. The lowest BCUT2D eigenvalue weighted by molar-refractivity contribution is 0.849. The number of hydrogen-bond acceptors (Lipinski definition) is 4. The lowest BCUT2D eigenvalue weighted by Crippen LogP contribution is -2.12. The van der Waals surface area contributed by atoms with Gasteiger partial charge in [-0.15, -0.1) is 10.2 Å². The van der Waals surface area contributed by atoms with Gasteiger partial charge in [-0.3, -0.25) is 0 Å². The SMILES string of the molecule is Cc1ccccc1-c1nnc(SCc2ccc(Br)cc2)n1N. The molecule has 0 saturated carbocycles. The molecule has 2 N–H and O–H groups in total. The van der Waals surface area contributed by atoms with Crippen LogP contribution in [0.1, 0.15) is 11.1 Å². The Balaban J connectivity index is 1.79. The molecule has 3 rings (SSSR count). The Labute approximate surface area is 141 Å². The molecule has 112 valence electrons. The van der Waals surface area contributed by atoms with E-state index in [-0.39, 0.29) is 0 Å². The quantitative estimate of drug-likeness (QED) is 0.553. The second kappa shape index (κ2) is 6.54. The Morgan fingerprint density at radius 1 is 1.09 bits per heavy atom. The number of halogens is 1. The van der Waals surface area contributed by atoms with Crippen molar-refractivity contribution in [2.24, 2.45) is 0 Å². The Morgan fingerprint density at radius 3 is 2.55 bits per heavy atom. The third-order valence-corrected chi connectivity index (χ3v) is 4.87. The van der Waals surface area contributed by atoms with Crippen LogP contribution in [-0.4, -0.2) is 14.9 Å². The van der Waals surface area contributed by atoms with Crippen LogP contribution in [0, 0.1) is 6.92 Å². The highest BCUT2D eigenvalue weighted by atomic mass is 79.9. The van der Waals surface area contributed by atoms with Crippen molar-refractivity contribution < 1.29 is 0 Å². The summed E-state index contributed by atoms with van der Waals surface area (Å²) in [6, 6.07) is 16.2. The first-order valence-corrected chi connectivity index (χ1v) is 8.57. The van der Waals surface area contributed by atoms with Gasteiger partial charge in [-0.2, -0.15) is 0 Å². The number of rotatable bonds is 4. The molecule has 0 spiro atoms. The Kier molecular flexibility index (Phi) is 4.49. The van der Waals surface area contributed by atoms with Crippen LogP contribution in [0.4, 0.5) is 0 Å². The summed E-state index contributed by atoms with van der Waals surface area (Å²) < 4.78 is 2.64. The summed E-state index contributed by atoms with van der Waals surface area (Å²) in [5, 5.41) is 9.15. The lowest BCUT2D eigenvalue weighted by Gasteiger charge is -2.06. The molecule has 0 unspecified atom stereocenters. The molecule has 4 nitrogen and oxygen atoms in total. The molecule has 3 aromatic rings. The van der Waals surface area contributed by atoms with Gasteiger partial charge in [0.05, 0.1) is 0 Å². The highest BCUT2D eigenvalue weighted by molar-refractivity contribution is 9.10. The first kappa shape index (κ1) is 15.1. The minimum atomic E-state index is 0.691. The smallest absolute Gasteiger partial charge is 0.210 e. The van der Waals surface area contributed by atoms with E-state index in [2.05, 4.69) is 38.3 Å². The van der Waals surface area contributed by atoms with E-state index in [1.807, 2.05) is 43.3 Å². The first-order chi connectivity index (χ1) is 10.6. The van der Waals surface area contributed by atoms with Crippen LogP contribution in [-0.2, 0) is 5.75 Å². The average molecular weight is 375 g/mol. The molecule has 6 heteroatoms. The van der Waals surface area contributed by atoms with Crippen LogP contribution < -0.4 is 5.84 Å². The second-order valence-electron chi connectivity index (χ2n) is 4.91.